The molecule has 0 saturated carbocycles. The average molecular weight is 641 g/mol. The van der Waals surface area contributed by atoms with Crippen LogP contribution in [0.4, 0.5) is 13.2 Å². The number of hydrogen-bond donors (Lipinski definition) is 2. The van der Waals surface area contributed by atoms with E-state index >= 15 is 0 Å². The predicted molar refractivity (Wildman–Crippen MR) is 165 cm³/mol. The van der Waals surface area contributed by atoms with Gasteiger partial charge in [0.1, 0.15) is 5.76 Å². The molecular formula is C32H43F3O6SSi. The molecule has 1 aliphatic rings. The number of aliphatic hydroxyl groups is 1. The molecule has 0 amide bonds. The Balaban J connectivity index is 1.44. The normalized spacial score (nSPS) is 18.9. The SMILES string of the molecule is C=C(CC[C@H](O)CC[C@@H]1OC(CCCCC(C)(C)[Si](O)(c2ccccc2)c2ccccc2)CC1=C)OS(=O)(=O)C(F)(F)F. The molecule has 0 aliphatic carbocycles. The van der Waals surface area contributed by atoms with Gasteiger partial charge in [0.25, 0.3) is 8.32 Å². The van der Waals surface area contributed by atoms with Crippen LogP contribution in [0.3, 0.4) is 0 Å². The minimum atomic E-state index is -5.76. The molecule has 6 nitrogen and oxygen atoms in total. The van der Waals surface area contributed by atoms with E-state index in [-0.39, 0.29) is 30.1 Å². The van der Waals surface area contributed by atoms with Crippen molar-refractivity contribution in [1.82, 2.24) is 0 Å². The number of rotatable bonds is 16. The monoisotopic (exact) mass is 640 g/mol. The third kappa shape index (κ3) is 9.04. The lowest BCUT2D eigenvalue weighted by atomic mass is 9.99. The van der Waals surface area contributed by atoms with Crippen LogP contribution >= 0.6 is 0 Å². The topological polar surface area (TPSA) is 93.1 Å². The van der Waals surface area contributed by atoms with Crippen LogP contribution in [0.5, 0.6) is 0 Å². The third-order valence-corrected chi connectivity index (χ3v) is 13.8. The third-order valence-electron chi connectivity index (χ3n) is 8.27. The van der Waals surface area contributed by atoms with Gasteiger partial charge in [-0.1, -0.05) is 101 Å². The lowest BCUT2D eigenvalue weighted by Crippen LogP contribution is -2.65. The molecule has 1 heterocycles. The van der Waals surface area contributed by atoms with Crippen molar-refractivity contribution in [3.05, 3.63) is 85.2 Å². The number of unbranched alkanes of at least 4 members (excludes halogenated alkanes) is 1. The van der Waals surface area contributed by atoms with Crippen molar-refractivity contribution < 1.29 is 40.4 Å². The molecule has 0 spiro atoms. The fourth-order valence-corrected chi connectivity index (χ4v) is 10.0. The Morgan fingerprint density at radius 3 is 2.12 bits per heavy atom. The Hall–Kier alpha value is -2.44. The summed E-state index contributed by atoms with van der Waals surface area (Å²) in [4.78, 5) is 12.3. The maximum atomic E-state index is 12.4. The van der Waals surface area contributed by atoms with Crippen molar-refractivity contribution in [3.8, 4) is 0 Å². The Bertz CT molecular complexity index is 1280. The molecule has 0 bridgehead atoms. The quantitative estimate of drug-likeness (QED) is 0.0576. The summed E-state index contributed by atoms with van der Waals surface area (Å²) >= 11 is 0. The second kappa shape index (κ2) is 14.6. The van der Waals surface area contributed by atoms with E-state index in [1.54, 1.807) is 0 Å². The molecule has 1 aliphatic heterocycles. The number of ether oxygens (including phenoxy) is 1. The molecule has 3 atom stereocenters. The summed E-state index contributed by atoms with van der Waals surface area (Å²) in [5.41, 5.74) is -4.59. The summed E-state index contributed by atoms with van der Waals surface area (Å²) in [6.45, 7) is 11.7. The molecule has 11 heteroatoms. The zero-order valence-electron chi connectivity index (χ0n) is 24.9. The minimum Gasteiger partial charge on any atom is -0.424 e. The van der Waals surface area contributed by atoms with Crippen molar-refractivity contribution in [2.45, 2.75) is 100 Å². The van der Waals surface area contributed by atoms with Crippen LogP contribution in [-0.4, -0.2) is 50.5 Å². The van der Waals surface area contributed by atoms with Gasteiger partial charge in [0.05, 0.1) is 18.3 Å². The van der Waals surface area contributed by atoms with Gasteiger partial charge in [0.15, 0.2) is 0 Å². The van der Waals surface area contributed by atoms with E-state index in [4.69, 9.17) is 4.74 Å². The molecule has 2 aromatic carbocycles. The summed E-state index contributed by atoms with van der Waals surface area (Å²) in [7, 11) is -8.81. The molecule has 1 unspecified atom stereocenters. The van der Waals surface area contributed by atoms with Crippen LogP contribution in [0.15, 0.2) is 85.2 Å². The Labute approximate surface area is 254 Å². The highest BCUT2D eigenvalue weighted by molar-refractivity contribution is 7.87. The smallest absolute Gasteiger partial charge is 0.424 e. The van der Waals surface area contributed by atoms with E-state index in [0.29, 0.717) is 12.8 Å². The predicted octanol–water partition coefficient (Wildman–Crippen LogP) is 6.09. The van der Waals surface area contributed by atoms with E-state index in [0.717, 1.165) is 48.1 Å². The lowest BCUT2D eigenvalue weighted by Gasteiger charge is -2.41. The molecule has 2 aromatic rings. The number of benzene rings is 2. The Morgan fingerprint density at radius 2 is 1.58 bits per heavy atom. The van der Waals surface area contributed by atoms with Gasteiger partial charge in [-0.15, -0.1) is 0 Å². The van der Waals surface area contributed by atoms with E-state index in [9.17, 15) is 31.5 Å². The van der Waals surface area contributed by atoms with Gasteiger partial charge in [0.2, 0.25) is 0 Å². The van der Waals surface area contributed by atoms with Gasteiger partial charge >= 0.3 is 15.6 Å². The van der Waals surface area contributed by atoms with E-state index in [2.05, 4.69) is 31.2 Å². The van der Waals surface area contributed by atoms with Crippen LogP contribution in [0, 0.1) is 0 Å². The highest BCUT2D eigenvalue weighted by Crippen LogP contribution is 2.41. The van der Waals surface area contributed by atoms with Crippen LogP contribution < -0.4 is 10.4 Å². The molecule has 0 radical (unpaired) electrons. The van der Waals surface area contributed by atoms with Crippen LogP contribution in [0.1, 0.15) is 71.6 Å². The minimum absolute atomic E-state index is 0.00620. The van der Waals surface area contributed by atoms with Gasteiger partial charge in [-0.25, -0.2) is 0 Å². The number of allylic oxidation sites excluding steroid dienone is 1. The highest BCUT2D eigenvalue weighted by atomic mass is 32.2. The molecule has 1 saturated heterocycles. The summed E-state index contributed by atoms with van der Waals surface area (Å²) in [6, 6.07) is 19.9. The summed E-state index contributed by atoms with van der Waals surface area (Å²) < 4.78 is 69.7. The van der Waals surface area contributed by atoms with Crippen LogP contribution in [0.2, 0.25) is 5.04 Å². The van der Waals surface area contributed by atoms with Crippen LogP contribution in [0.25, 0.3) is 0 Å². The summed E-state index contributed by atoms with van der Waals surface area (Å²) in [5, 5.41) is 12.0. The number of aliphatic hydroxyl groups excluding tert-OH is 1. The van der Waals surface area contributed by atoms with Crippen molar-refractivity contribution in [1.29, 1.82) is 0 Å². The molecule has 0 aromatic heterocycles. The maximum absolute atomic E-state index is 12.4. The molecule has 1 fully saturated rings. The maximum Gasteiger partial charge on any atom is 0.534 e. The summed E-state index contributed by atoms with van der Waals surface area (Å²) in [6.07, 6.45) is 3.74. The first kappa shape index (κ1) is 35.0. The zero-order valence-corrected chi connectivity index (χ0v) is 26.7. The first-order valence-electron chi connectivity index (χ1n) is 14.6. The van der Waals surface area contributed by atoms with Crippen LogP contribution in [-0.2, 0) is 19.0 Å². The van der Waals surface area contributed by atoms with E-state index in [1.165, 1.54) is 0 Å². The molecular weight excluding hydrogens is 597 g/mol. The Morgan fingerprint density at radius 1 is 1.02 bits per heavy atom. The number of hydrogen-bond acceptors (Lipinski definition) is 6. The van der Waals surface area contributed by atoms with Crippen molar-refractivity contribution >= 4 is 28.8 Å². The molecule has 43 heavy (non-hydrogen) atoms. The van der Waals surface area contributed by atoms with Gasteiger partial charge in [-0.3, -0.25) is 0 Å². The Kier molecular flexibility index (Phi) is 11.9. The van der Waals surface area contributed by atoms with E-state index in [1.807, 2.05) is 60.7 Å². The van der Waals surface area contributed by atoms with Gasteiger partial charge < -0.3 is 18.8 Å². The van der Waals surface area contributed by atoms with Gasteiger partial charge in [0, 0.05) is 6.42 Å². The van der Waals surface area contributed by atoms with Gasteiger partial charge in [-0.2, -0.15) is 21.6 Å². The first-order chi connectivity index (χ1) is 20.1. The van der Waals surface area contributed by atoms with Crippen molar-refractivity contribution in [2.75, 3.05) is 0 Å². The van der Waals surface area contributed by atoms with Crippen molar-refractivity contribution in [2.24, 2.45) is 0 Å². The second-order valence-corrected chi connectivity index (χ2v) is 17.4. The standard InChI is InChI=1S/C32H43F3O6SSi/c1-24-23-27(40-30(24)21-20-26(36)19-18-25(2)41-42(37,38)32(33,34)35)13-11-12-22-31(3,4)43(39,28-14-7-5-8-15-28)29-16-9-6-10-17-29/h5-10,14-17,26-27,30,36,39H,1-2,11-13,18-23H2,3-4H3/t26-,27?,30-/m0/s1. The molecule has 2 N–H and O–H groups in total. The first-order valence-corrected chi connectivity index (χ1v) is 18.0. The fraction of sp³-hybridized carbons (Fsp3) is 0.500. The molecule has 3 rings (SSSR count). The molecule has 238 valence electrons. The summed E-state index contributed by atoms with van der Waals surface area (Å²) in [5.74, 6) is -0.574. The largest absolute Gasteiger partial charge is 0.534 e. The average Bonchev–Trinajstić information content (AvgIpc) is 3.31. The highest BCUT2D eigenvalue weighted by Gasteiger charge is 2.50. The fourth-order valence-electron chi connectivity index (χ4n) is 5.73. The van der Waals surface area contributed by atoms with Gasteiger partial charge in [-0.05, 0) is 59.5 Å². The number of halogens is 3. The number of alkyl halides is 3. The zero-order chi connectivity index (χ0) is 31.9. The van der Waals surface area contributed by atoms with Crippen molar-refractivity contribution in [3.63, 3.8) is 0 Å². The van der Waals surface area contributed by atoms with E-state index < -0.39 is 35.8 Å². The second-order valence-electron chi connectivity index (χ2n) is 12.0. The lowest BCUT2D eigenvalue weighted by molar-refractivity contribution is -0.0523.